The standard InChI is InChI=1S/C9H7Cl2N3/c1-6-3-2-4-14(6)9-12-7(10)5-8(11)13-9/h2-5H,1H3. The molecule has 0 fully saturated rings. The van der Waals surface area contributed by atoms with Gasteiger partial charge in [0.15, 0.2) is 0 Å². The van der Waals surface area contributed by atoms with Crippen LogP contribution in [0.1, 0.15) is 5.69 Å². The predicted molar refractivity (Wildman–Crippen MR) is 56.1 cm³/mol. The molecule has 0 spiro atoms. The molecule has 0 aromatic carbocycles. The Morgan fingerprint density at radius 2 is 1.86 bits per heavy atom. The van der Waals surface area contributed by atoms with Crippen LogP contribution in [-0.4, -0.2) is 14.5 Å². The smallest absolute Gasteiger partial charge is 0.236 e. The first-order chi connectivity index (χ1) is 6.66. The summed E-state index contributed by atoms with van der Waals surface area (Å²) in [6.45, 7) is 1.96. The maximum atomic E-state index is 5.77. The first-order valence-electron chi connectivity index (χ1n) is 4.01. The second-order valence-electron chi connectivity index (χ2n) is 2.83. The fourth-order valence-electron chi connectivity index (χ4n) is 1.18. The van der Waals surface area contributed by atoms with E-state index in [0.29, 0.717) is 16.3 Å². The van der Waals surface area contributed by atoms with Crippen molar-refractivity contribution in [3.63, 3.8) is 0 Å². The third kappa shape index (κ3) is 1.74. The van der Waals surface area contributed by atoms with Gasteiger partial charge < -0.3 is 0 Å². The molecule has 0 aliphatic carbocycles. The maximum absolute atomic E-state index is 5.77. The van der Waals surface area contributed by atoms with E-state index in [1.165, 1.54) is 6.07 Å². The van der Waals surface area contributed by atoms with Crippen LogP contribution in [0.15, 0.2) is 24.4 Å². The van der Waals surface area contributed by atoms with Gasteiger partial charge in [-0.2, -0.15) is 0 Å². The predicted octanol–water partition coefficient (Wildman–Crippen LogP) is 2.88. The molecule has 14 heavy (non-hydrogen) atoms. The molecule has 0 amide bonds. The van der Waals surface area contributed by atoms with Crippen LogP contribution in [0.3, 0.4) is 0 Å². The van der Waals surface area contributed by atoms with Gasteiger partial charge >= 0.3 is 0 Å². The summed E-state index contributed by atoms with van der Waals surface area (Å²) in [6.07, 6.45) is 1.86. The van der Waals surface area contributed by atoms with E-state index >= 15 is 0 Å². The number of nitrogens with zero attached hydrogens (tertiary/aromatic N) is 3. The van der Waals surface area contributed by atoms with Crippen LogP contribution in [0.5, 0.6) is 0 Å². The summed E-state index contributed by atoms with van der Waals surface area (Å²) in [7, 11) is 0. The first-order valence-corrected chi connectivity index (χ1v) is 4.77. The van der Waals surface area contributed by atoms with Crippen molar-refractivity contribution in [3.8, 4) is 5.95 Å². The zero-order chi connectivity index (χ0) is 10.1. The van der Waals surface area contributed by atoms with Gasteiger partial charge in [0.2, 0.25) is 5.95 Å². The summed E-state index contributed by atoms with van der Waals surface area (Å²) in [5, 5.41) is 0.682. The Morgan fingerprint density at radius 1 is 1.21 bits per heavy atom. The van der Waals surface area contributed by atoms with Crippen molar-refractivity contribution in [3.05, 3.63) is 40.4 Å². The van der Waals surface area contributed by atoms with E-state index in [1.54, 1.807) is 0 Å². The van der Waals surface area contributed by atoms with Crippen LogP contribution < -0.4 is 0 Å². The van der Waals surface area contributed by atoms with Gasteiger partial charge in [0, 0.05) is 18.0 Å². The highest BCUT2D eigenvalue weighted by Crippen LogP contribution is 2.15. The van der Waals surface area contributed by atoms with Crippen molar-refractivity contribution in [2.45, 2.75) is 6.92 Å². The van der Waals surface area contributed by atoms with E-state index in [-0.39, 0.29) is 0 Å². The molecule has 2 aromatic heterocycles. The topological polar surface area (TPSA) is 30.7 Å². The van der Waals surface area contributed by atoms with Crippen molar-refractivity contribution in [1.29, 1.82) is 0 Å². The molecule has 0 saturated carbocycles. The molecule has 0 radical (unpaired) electrons. The molecular formula is C9H7Cl2N3. The van der Waals surface area contributed by atoms with Gasteiger partial charge in [-0.15, -0.1) is 0 Å². The van der Waals surface area contributed by atoms with Crippen molar-refractivity contribution in [2.75, 3.05) is 0 Å². The van der Waals surface area contributed by atoms with Crippen molar-refractivity contribution < 1.29 is 0 Å². The third-order valence-electron chi connectivity index (χ3n) is 1.82. The van der Waals surface area contributed by atoms with Crippen molar-refractivity contribution >= 4 is 23.2 Å². The molecule has 0 atom stereocenters. The largest absolute Gasteiger partial charge is 0.290 e. The maximum Gasteiger partial charge on any atom is 0.236 e. The molecule has 3 nitrogen and oxygen atoms in total. The molecule has 0 aliphatic rings. The molecular weight excluding hydrogens is 221 g/mol. The third-order valence-corrected chi connectivity index (χ3v) is 2.21. The first kappa shape index (κ1) is 9.49. The molecule has 2 aromatic rings. The lowest BCUT2D eigenvalue weighted by molar-refractivity contribution is 0.903. The van der Waals surface area contributed by atoms with Gasteiger partial charge in [-0.05, 0) is 19.1 Å². The minimum atomic E-state index is 0.341. The zero-order valence-electron chi connectivity index (χ0n) is 7.41. The SMILES string of the molecule is Cc1cccn1-c1nc(Cl)cc(Cl)n1. The summed E-state index contributed by atoms with van der Waals surface area (Å²) in [4.78, 5) is 8.14. The second kappa shape index (κ2) is 3.59. The molecule has 0 bridgehead atoms. The van der Waals surface area contributed by atoms with Gasteiger partial charge in [0.1, 0.15) is 10.3 Å². The van der Waals surface area contributed by atoms with Gasteiger partial charge in [-0.25, -0.2) is 9.97 Å². The molecule has 0 N–H and O–H groups in total. The number of aryl methyl sites for hydroxylation is 1. The highest BCUT2D eigenvalue weighted by atomic mass is 35.5. The van der Waals surface area contributed by atoms with E-state index < -0.39 is 0 Å². The number of hydrogen-bond donors (Lipinski definition) is 0. The normalized spacial score (nSPS) is 10.5. The number of halogens is 2. The van der Waals surface area contributed by atoms with Gasteiger partial charge in [0.05, 0.1) is 0 Å². The Morgan fingerprint density at radius 3 is 2.36 bits per heavy atom. The highest BCUT2D eigenvalue weighted by Gasteiger charge is 2.04. The number of aromatic nitrogens is 3. The van der Waals surface area contributed by atoms with Crippen LogP contribution in [0.25, 0.3) is 5.95 Å². The molecule has 72 valence electrons. The summed E-state index contributed by atoms with van der Waals surface area (Å²) < 4.78 is 1.82. The zero-order valence-corrected chi connectivity index (χ0v) is 8.92. The molecule has 0 aliphatic heterocycles. The molecule has 0 saturated heterocycles. The number of hydrogen-bond acceptors (Lipinski definition) is 2. The average Bonchev–Trinajstić information content (AvgIpc) is 2.49. The van der Waals surface area contributed by atoms with Crippen LogP contribution in [0, 0.1) is 6.92 Å². The Balaban J connectivity index is 2.57. The molecule has 2 heterocycles. The monoisotopic (exact) mass is 227 g/mol. The Kier molecular flexibility index (Phi) is 2.44. The van der Waals surface area contributed by atoms with E-state index in [0.717, 1.165) is 5.69 Å². The number of rotatable bonds is 1. The minimum absolute atomic E-state index is 0.341. The Hall–Kier alpha value is -1.06. The van der Waals surface area contributed by atoms with E-state index in [9.17, 15) is 0 Å². The van der Waals surface area contributed by atoms with E-state index in [1.807, 2.05) is 29.8 Å². The van der Waals surface area contributed by atoms with Crippen LogP contribution >= 0.6 is 23.2 Å². The Bertz CT molecular complexity index is 445. The van der Waals surface area contributed by atoms with E-state index in [4.69, 9.17) is 23.2 Å². The van der Waals surface area contributed by atoms with Crippen molar-refractivity contribution in [1.82, 2.24) is 14.5 Å². The summed E-state index contributed by atoms with van der Waals surface area (Å²) in [6, 6.07) is 5.37. The van der Waals surface area contributed by atoms with Gasteiger partial charge in [-0.3, -0.25) is 4.57 Å². The van der Waals surface area contributed by atoms with E-state index in [2.05, 4.69) is 9.97 Å². The lowest BCUT2D eigenvalue weighted by Gasteiger charge is -2.04. The second-order valence-corrected chi connectivity index (χ2v) is 3.61. The molecule has 0 unspecified atom stereocenters. The fraction of sp³-hybridized carbons (Fsp3) is 0.111. The summed E-state index contributed by atoms with van der Waals surface area (Å²) in [5.74, 6) is 0.491. The Labute approximate surface area is 91.3 Å². The minimum Gasteiger partial charge on any atom is -0.290 e. The van der Waals surface area contributed by atoms with Gasteiger partial charge in [-0.1, -0.05) is 23.2 Å². The van der Waals surface area contributed by atoms with Crippen LogP contribution in [0.2, 0.25) is 10.3 Å². The quantitative estimate of drug-likeness (QED) is 0.702. The van der Waals surface area contributed by atoms with Crippen LogP contribution in [0.4, 0.5) is 0 Å². The molecule has 2 rings (SSSR count). The van der Waals surface area contributed by atoms with Crippen LogP contribution in [-0.2, 0) is 0 Å². The molecule has 5 heteroatoms. The van der Waals surface area contributed by atoms with Crippen molar-refractivity contribution in [2.24, 2.45) is 0 Å². The lowest BCUT2D eigenvalue weighted by Crippen LogP contribution is -2.01. The average molecular weight is 228 g/mol. The summed E-state index contributed by atoms with van der Waals surface area (Å²) >= 11 is 11.5. The lowest BCUT2D eigenvalue weighted by atomic mass is 10.5. The highest BCUT2D eigenvalue weighted by molar-refractivity contribution is 6.33. The summed E-state index contributed by atoms with van der Waals surface area (Å²) in [5.41, 5.74) is 1.03. The fourth-order valence-corrected chi connectivity index (χ4v) is 1.59. The van der Waals surface area contributed by atoms with Gasteiger partial charge in [0.25, 0.3) is 0 Å².